The van der Waals surface area contributed by atoms with Gasteiger partial charge in [0, 0.05) is 89.7 Å². The Morgan fingerprint density at radius 2 is 0.800 bits per heavy atom. The maximum Gasteiger partial charge on any atom is 0.408 e. The summed E-state index contributed by atoms with van der Waals surface area (Å²) < 4.78 is 10.8. The fraction of sp³-hybridized carbons (Fsp3) is 0.512. The summed E-state index contributed by atoms with van der Waals surface area (Å²) in [5.41, 5.74) is 3.03. The van der Waals surface area contributed by atoms with Gasteiger partial charge in [-0.1, -0.05) is 48.5 Å². The van der Waals surface area contributed by atoms with Crippen molar-refractivity contribution < 1.29 is 52.6 Å². The van der Waals surface area contributed by atoms with Crippen LogP contribution in [0, 0.1) is 0 Å². The van der Waals surface area contributed by atoms with Gasteiger partial charge in [0.1, 0.15) is 18.7 Å². The topological polar surface area (TPSA) is 252 Å². The van der Waals surface area contributed by atoms with Crippen LogP contribution < -0.4 is 26.6 Å². The number of alkyl carbamates (subject to hydrolysis) is 2. The highest BCUT2D eigenvalue weighted by atomic mass is 16.6. The van der Waals surface area contributed by atoms with Crippen LogP contribution >= 0.6 is 0 Å². The van der Waals surface area contributed by atoms with E-state index >= 15 is 0 Å². The van der Waals surface area contributed by atoms with Crippen LogP contribution in [0.1, 0.15) is 38.0 Å². The molecule has 0 radical (unpaired) electrons. The molecule has 65 heavy (non-hydrogen) atoms. The molecule has 0 atom stereocenters. The summed E-state index contributed by atoms with van der Waals surface area (Å²) in [6.45, 7) is 6.52. The van der Waals surface area contributed by atoms with Crippen LogP contribution in [0.2, 0.25) is 0 Å². The van der Waals surface area contributed by atoms with Crippen molar-refractivity contribution in [3.8, 4) is 11.1 Å². The minimum Gasteiger partial charge on any atom is -0.444 e. The molecular weight excluding hydrogens is 847 g/mol. The molecule has 3 heterocycles. The van der Waals surface area contributed by atoms with Gasteiger partial charge in [0.25, 0.3) is 0 Å². The maximum absolute atomic E-state index is 12.9. The van der Waals surface area contributed by atoms with Crippen LogP contribution in [0.15, 0.2) is 48.5 Å². The summed E-state index contributed by atoms with van der Waals surface area (Å²) in [7, 11) is 0. The Kier molecular flexibility index (Phi) is 15.7. The average molecular weight is 904 g/mol. The fourth-order valence-corrected chi connectivity index (χ4v) is 7.73. The van der Waals surface area contributed by atoms with Crippen molar-refractivity contribution in [1.82, 2.24) is 56.0 Å². The lowest BCUT2D eigenvalue weighted by Gasteiger charge is -2.36. The second kappa shape index (κ2) is 21.5. The van der Waals surface area contributed by atoms with E-state index in [2.05, 4.69) is 26.6 Å². The number of carbonyl (C=O) groups is 9. The zero-order valence-electron chi connectivity index (χ0n) is 36.9. The molecule has 22 nitrogen and oxygen atoms in total. The second-order valence-corrected chi connectivity index (χ2v) is 16.8. The first-order chi connectivity index (χ1) is 31.1. The van der Waals surface area contributed by atoms with Gasteiger partial charge in [-0.2, -0.15) is 0 Å². The molecule has 22 heteroatoms. The minimum absolute atomic E-state index is 0.221. The van der Waals surface area contributed by atoms with E-state index < -0.39 is 41.9 Å². The van der Waals surface area contributed by atoms with Gasteiger partial charge in [-0.3, -0.25) is 24.0 Å². The van der Waals surface area contributed by atoms with Crippen molar-refractivity contribution in [1.29, 1.82) is 0 Å². The first kappa shape index (κ1) is 47.4. The van der Waals surface area contributed by atoms with Crippen molar-refractivity contribution in [3.05, 3.63) is 59.7 Å². The standard InChI is InChI=1S/C43H57N11O11/c1-43(2,3)65-42(63)47-24-33(55)44-25-34(56)49-12-14-50(15-13-49)35(57)26-45-39(60)53-20-16-51(17-21-53)36(58)27-46-40(61)54-22-18-52(19-23-54)37(59)28-48-41(62)64-38-31-10-6-4-8-29(31)30-9-5-7-11-32(30)38/h4-11,38H,12-28H2,1-3H3,(H,44,55)(H,45,60)(H,46,61)(H,47,63)(H,48,62). The summed E-state index contributed by atoms with van der Waals surface area (Å²) >= 11 is 0. The Hall–Kier alpha value is -7.13. The zero-order valence-corrected chi connectivity index (χ0v) is 36.9. The molecule has 5 N–H and O–H groups in total. The van der Waals surface area contributed by atoms with E-state index in [1.54, 1.807) is 30.6 Å². The third kappa shape index (κ3) is 13.0. The van der Waals surface area contributed by atoms with Crippen LogP contribution in [0.4, 0.5) is 19.2 Å². The molecule has 0 bridgehead atoms. The van der Waals surface area contributed by atoms with E-state index in [4.69, 9.17) is 9.47 Å². The Morgan fingerprint density at radius 3 is 1.20 bits per heavy atom. The predicted molar refractivity (Wildman–Crippen MR) is 232 cm³/mol. The number of nitrogens with one attached hydrogen (secondary N) is 5. The number of ether oxygens (including phenoxy) is 2. The lowest BCUT2D eigenvalue weighted by Crippen LogP contribution is -2.57. The predicted octanol–water partition coefficient (Wildman–Crippen LogP) is -0.498. The molecule has 3 aliphatic heterocycles. The van der Waals surface area contributed by atoms with E-state index in [1.807, 2.05) is 48.5 Å². The Balaban J connectivity index is 0.799. The molecule has 2 aromatic carbocycles. The van der Waals surface area contributed by atoms with Gasteiger partial charge >= 0.3 is 24.2 Å². The number of fused-ring (bicyclic) bond motifs is 3. The van der Waals surface area contributed by atoms with Crippen LogP contribution in [0.25, 0.3) is 11.1 Å². The molecule has 2 aromatic rings. The number of benzene rings is 2. The first-order valence-corrected chi connectivity index (χ1v) is 21.6. The normalized spacial score (nSPS) is 16.1. The summed E-state index contributed by atoms with van der Waals surface area (Å²) in [4.78, 5) is 123. The van der Waals surface area contributed by atoms with E-state index in [-0.39, 0.29) is 135 Å². The highest BCUT2D eigenvalue weighted by Crippen LogP contribution is 2.45. The van der Waals surface area contributed by atoms with Crippen LogP contribution in [0.3, 0.4) is 0 Å². The highest BCUT2D eigenvalue weighted by Gasteiger charge is 2.33. The van der Waals surface area contributed by atoms with Gasteiger partial charge < -0.3 is 65.5 Å². The first-order valence-electron chi connectivity index (χ1n) is 21.6. The lowest BCUT2D eigenvalue weighted by molar-refractivity contribution is -0.139. The van der Waals surface area contributed by atoms with Crippen LogP contribution in [-0.2, 0) is 33.4 Å². The van der Waals surface area contributed by atoms with Gasteiger partial charge in [0.15, 0.2) is 6.10 Å². The van der Waals surface area contributed by atoms with Gasteiger partial charge in [0.05, 0.1) is 19.6 Å². The summed E-state index contributed by atoms with van der Waals surface area (Å²) in [5, 5.41) is 12.6. The van der Waals surface area contributed by atoms with Crippen molar-refractivity contribution in [2.24, 2.45) is 0 Å². The smallest absolute Gasteiger partial charge is 0.408 e. The number of carbonyl (C=O) groups excluding carboxylic acids is 9. The number of urea groups is 2. The van der Waals surface area contributed by atoms with Crippen molar-refractivity contribution in [2.75, 3.05) is 111 Å². The van der Waals surface area contributed by atoms with Crippen molar-refractivity contribution in [3.63, 3.8) is 0 Å². The second-order valence-electron chi connectivity index (χ2n) is 16.8. The molecule has 0 aromatic heterocycles. The van der Waals surface area contributed by atoms with E-state index in [0.717, 1.165) is 22.3 Å². The van der Waals surface area contributed by atoms with E-state index in [9.17, 15) is 43.2 Å². The summed E-state index contributed by atoms with van der Waals surface area (Å²) in [6, 6.07) is 14.5. The highest BCUT2D eigenvalue weighted by molar-refractivity contribution is 5.89. The van der Waals surface area contributed by atoms with Gasteiger partial charge in [-0.05, 0) is 31.9 Å². The molecule has 0 saturated carbocycles. The molecule has 350 valence electrons. The minimum atomic E-state index is -0.751. The molecular formula is C43H57N11O11. The van der Waals surface area contributed by atoms with Gasteiger partial charge in [0.2, 0.25) is 29.5 Å². The molecule has 3 saturated heterocycles. The third-order valence-electron chi connectivity index (χ3n) is 11.2. The number of hydrogen-bond acceptors (Lipinski definition) is 11. The number of amides is 11. The lowest BCUT2D eigenvalue weighted by atomic mass is 10.1. The molecule has 1 aliphatic carbocycles. The quantitative estimate of drug-likeness (QED) is 0.192. The molecule has 4 aliphatic rings. The monoisotopic (exact) mass is 903 g/mol. The van der Waals surface area contributed by atoms with Gasteiger partial charge in [-0.15, -0.1) is 0 Å². The maximum atomic E-state index is 12.9. The van der Waals surface area contributed by atoms with Crippen LogP contribution in [0.5, 0.6) is 0 Å². The molecule has 11 amide bonds. The van der Waals surface area contributed by atoms with Crippen molar-refractivity contribution >= 4 is 53.8 Å². The number of hydrogen-bond donors (Lipinski definition) is 5. The molecule has 0 unspecified atom stereocenters. The number of nitrogens with zero attached hydrogens (tertiary/aromatic N) is 6. The Bertz CT molecular complexity index is 2080. The van der Waals surface area contributed by atoms with E-state index in [0.29, 0.717) is 0 Å². The van der Waals surface area contributed by atoms with Crippen LogP contribution in [-0.4, -0.2) is 200 Å². The Labute approximate surface area is 376 Å². The summed E-state index contributed by atoms with van der Waals surface area (Å²) in [6.07, 6.45) is -2.05. The largest absolute Gasteiger partial charge is 0.444 e. The fourth-order valence-electron chi connectivity index (χ4n) is 7.73. The number of piperazine rings is 3. The number of rotatable bonds is 11. The van der Waals surface area contributed by atoms with Crippen molar-refractivity contribution in [2.45, 2.75) is 32.5 Å². The molecule has 0 spiro atoms. The Morgan fingerprint density at radius 1 is 0.462 bits per heavy atom. The zero-order chi connectivity index (χ0) is 46.7. The van der Waals surface area contributed by atoms with Gasteiger partial charge in [-0.25, -0.2) is 19.2 Å². The molecule has 6 rings (SSSR count). The summed E-state index contributed by atoms with van der Waals surface area (Å²) in [5.74, 6) is -1.86. The SMILES string of the molecule is CC(C)(C)OC(=O)NCC(=O)NCC(=O)N1CCN(C(=O)CNC(=O)N2CCN(C(=O)CNC(=O)N3CCN(C(=O)CNC(=O)OC4c5ccccc5-c5ccccc54)CC3)CC2)CC1. The van der Waals surface area contributed by atoms with E-state index in [1.165, 1.54) is 19.6 Å². The third-order valence-corrected chi connectivity index (χ3v) is 11.2. The average Bonchev–Trinajstić information content (AvgIpc) is 3.62. The molecule has 3 fully saturated rings.